The van der Waals surface area contributed by atoms with Crippen molar-refractivity contribution < 1.29 is 19.4 Å². The molecule has 0 saturated carbocycles. The Bertz CT molecular complexity index is 1140. The van der Waals surface area contributed by atoms with Crippen LogP contribution in [0.3, 0.4) is 0 Å². The standard InChI is InChI=1S/C21H17N3O4/c1-28-16-8-7-15-12-24(18(25)17(15)11-16)13-21(19(26)22-20(27)23-21)10-9-14-5-3-2-4-6-14/h2-8,11-12,25H,13H2,1H3,(H2,22,23,26,27). The molecule has 1 unspecified atom stereocenters. The van der Waals surface area contributed by atoms with Gasteiger partial charge in [-0.15, -0.1) is 0 Å². The number of fused-ring (bicyclic) bond motifs is 1. The first-order valence-corrected chi connectivity index (χ1v) is 8.58. The highest BCUT2D eigenvalue weighted by Crippen LogP contribution is 2.31. The molecule has 3 aromatic rings. The van der Waals surface area contributed by atoms with Crippen LogP contribution in [0.15, 0.2) is 54.7 Å². The highest BCUT2D eigenvalue weighted by atomic mass is 16.5. The Morgan fingerprint density at radius 3 is 2.64 bits per heavy atom. The lowest BCUT2D eigenvalue weighted by atomic mass is 10.00. The smallest absolute Gasteiger partial charge is 0.323 e. The van der Waals surface area contributed by atoms with E-state index in [9.17, 15) is 14.7 Å². The number of carbonyl (C=O) groups is 2. The van der Waals surface area contributed by atoms with Crippen LogP contribution >= 0.6 is 0 Å². The van der Waals surface area contributed by atoms with Crippen molar-refractivity contribution in [3.8, 4) is 23.5 Å². The predicted octanol–water partition coefficient (Wildman–Crippen LogP) is 1.99. The molecule has 1 atom stereocenters. The number of aromatic hydroxyl groups is 1. The van der Waals surface area contributed by atoms with Crippen LogP contribution < -0.4 is 15.4 Å². The van der Waals surface area contributed by atoms with Gasteiger partial charge in [-0.05, 0) is 30.3 Å². The van der Waals surface area contributed by atoms with Crippen molar-refractivity contribution in [3.63, 3.8) is 0 Å². The fourth-order valence-corrected chi connectivity index (χ4v) is 3.16. The molecule has 1 aliphatic rings. The first-order valence-electron chi connectivity index (χ1n) is 8.58. The number of aromatic nitrogens is 1. The van der Waals surface area contributed by atoms with E-state index in [0.717, 1.165) is 5.39 Å². The molecule has 1 saturated heterocycles. The van der Waals surface area contributed by atoms with Crippen molar-refractivity contribution in [1.29, 1.82) is 0 Å². The fourth-order valence-electron chi connectivity index (χ4n) is 3.16. The summed E-state index contributed by atoms with van der Waals surface area (Å²) in [6.07, 6.45) is 1.70. The maximum absolute atomic E-state index is 12.5. The molecule has 0 spiro atoms. The number of urea groups is 1. The van der Waals surface area contributed by atoms with Crippen molar-refractivity contribution in [2.45, 2.75) is 12.1 Å². The van der Waals surface area contributed by atoms with Crippen molar-refractivity contribution in [2.24, 2.45) is 0 Å². The largest absolute Gasteiger partial charge is 0.497 e. The Balaban J connectivity index is 1.76. The average Bonchev–Trinajstić information content (AvgIpc) is 3.16. The van der Waals surface area contributed by atoms with E-state index < -0.39 is 17.5 Å². The van der Waals surface area contributed by atoms with Crippen LogP contribution in [0.25, 0.3) is 10.8 Å². The molecule has 1 aliphatic heterocycles. The maximum atomic E-state index is 12.5. The molecule has 140 valence electrons. The zero-order valence-corrected chi connectivity index (χ0v) is 15.0. The molecule has 7 nitrogen and oxygen atoms in total. The summed E-state index contributed by atoms with van der Waals surface area (Å²) >= 11 is 0. The number of carbonyl (C=O) groups excluding carboxylic acids is 2. The third-order valence-electron chi connectivity index (χ3n) is 4.61. The molecule has 3 N–H and O–H groups in total. The van der Waals surface area contributed by atoms with Gasteiger partial charge in [-0.3, -0.25) is 10.1 Å². The van der Waals surface area contributed by atoms with Gasteiger partial charge in [0.05, 0.1) is 13.7 Å². The van der Waals surface area contributed by atoms with Gasteiger partial charge in [0.2, 0.25) is 5.54 Å². The van der Waals surface area contributed by atoms with Gasteiger partial charge < -0.3 is 19.7 Å². The molecule has 0 radical (unpaired) electrons. The SMILES string of the molecule is COc1ccc2cn(CC3(C#Cc4ccccc4)NC(=O)NC3=O)c(O)c2c1. The van der Waals surface area contributed by atoms with Gasteiger partial charge in [0.25, 0.3) is 5.91 Å². The highest BCUT2D eigenvalue weighted by Gasteiger charge is 2.46. The summed E-state index contributed by atoms with van der Waals surface area (Å²) in [5, 5.41) is 16.8. The zero-order valence-electron chi connectivity index (χ0n) is 15.0. The lowest BCUT2D eigenvalue weighted by Gasteiger charge is -2.20. The van der Waals surface area contributed by atoms with Crippen LogP contribution in [-0.4, -0.2) is 34.3 Å². The van der Waals surface area contributed by atoms with Crippen LogP contribution in [-0.2, 0) is 11.3 Å². The lowest BCUT2D eigenvalue weighted by molar-refractivity contribution is -0.122. The van der Waals surface area contributed by atoms with E-state index in [4.69, 9.17) is 4.74 Å². The second kappa shape index (κ2) is 6.67. The van der Waals surface area contributed by atoms with Crippen molar-refractivity contribution >= 4 is 22.7 Å². The summed E-state index contributed by atoms with van der Waals surface area (Å²) in [5.41, 5.74) is -0.786. The number of hydrogen-bond acceptors (Lipinski definition) is 4. The third-order valence-corrected chi connectivity index (χ3v) is 4.61. The van der Waals surface area contributed by atoms with Gasteiger partial charge >= 0.3 is 6.03 Å². The normalized spacial score (nSPS) is 18.3. The molecule has 28 heavy (non-hydrogen) atoms. The topological polar surface area (TPSA) is 92.6 Å². The lowest BCUT2D eigenvalue weighted by Crippen LogP contribution is -2.49. The predicted molar refractivity (Wildman–Crippen MR) is 103 cm³/mol. The number of methoxy groups -OCH3 is 1. The summed E-state index contributed by atoms with van der Waals surface area (Å²) in [6, 6.07) is 13.8. The second-order valence-corrected chi connectivity index (χ2v) is 6.46. The fraction of sp³-hybridized carbons (Fsp3) is 0.143. The van der Waals surface area contributed by atoms with Crippen LogP contribution in [0.4, 0.5) is 4.79 Å². The quantitative estimate of drug-likeness (QED) is 0.482. The van der Waals surface area contributed by atoms with E-state index in [-0.39, 0.29) is 12.4 Å². The number of ether oxygens (including phenoxy) is 1. The Kier molecular flexibility index (Phi) is 4.17. The molecule has 0 aliphatic carbocycles. The summed E-state index contributed by atoms with van der Waals surface area (Å²) in [6.45, 7) is -0.0484. The number of nitrogens with zero attached hydrogens (tertiary/aromatic N) is 1. The minimum Gasteiger partial charge on any atom is -0.497 e. The Morgan fingerprint density at radius 2 is 1.96 bits per heavy atom. The number of amides is 3. The maximum Gasteiger partial charge on any atom is 0.323 e. The molecule has 2 heterocycles. The van der Waals surface area contributed by atoms with E-state index in [1.54, 1.807) is 31.5 Å². The van der Waals surface area contributed by atoms with E-state index >= 15 is 0 Å². The number of benzene rings is 2. The molecule has 1 aromatic heterocycles. The van der Waals surface area contributed by atoms with Gasteiger partial charge in [0.15, 0.2) is 5.88 Å². The average molecular weight is 375 g/mol. The Hall–Kier alpha value is -3.92. The van der Waals surface area contributed by atoms with E-state index in [2.05, 4.69) is 22.5 Å². The zero-order chi connectivity index (χ0) is 19.7. The van der Waals surface area contributed by atoms with Gasteiger partial charge in [-0.2, -0.15) is 0 Å². The molecular weight excluding hydrogens is 358 g/mol. The molecule has 7 heteroatoms. The van der Waals surface area contributed by atoms with Crippen molar-refractivity contribution in [1.82, 2.24) is 15.2 Å². The summed E-state index contributed by atoms with van der Waals surface area (Å²) in [7, 11) is 1.54. The number of nitrogens with one attached hydrogen (secondary N) is 2. The van der Waals surface area contributed by atoms with Crippen molar-refractivity contribution in [3.05, 3.63) is 60.3 Å². The molecule has 1 fully saturated rings. The first-order chi connectivity index (χ1) is 13.5. The van der Waals surface area contributed by atoms with E-state index in [0.29, 0.717) is 16.7 Å². The van der Waals surface area contributed by atoms with Gasteiger partial charge in [0.1, 0.15) is 5.75 Å². The van der Waals surface area contributed by atoms with E-state index in [1.807, 2.05) is 30.3 Å². The molecule has 2 aromatic carbocycles. The van der Waals surface area contributed by atoms with Crippen LogP contribution in [0.1, 0.15) is 5.56 Å². The van der Waals surface area contributed by atoms with Gasteiger partial charge in [0, 0.05) is 22.5 Å². The highest BCUT2D eigenvalue weighted by molar-refractivity contribution is 6.09. The minimum atomic E-state index is -1.50. The molecular formula is C21H17N3O4. The molecule has 3 amide bonds. The number of hydrogen-bond donors (Lipinski definition) is 3. The molecule has 0 bridgehead atoms. The summed E-state index contributed by atoms with van der Waals surface area (Å²) in [4.78, 5) is 24.4. The number of rotatable bonds is 3. The first kappa shape index (κ1) is 17.5. The third kappa shape index (κ3) is 3.01. The monoisotopic (exact) mass is 375 g/mol. The van der Waals surface area contributed by atoms with Crippen LogP contribution in [0.5, 0.6) is 11.6 Å². The Labute approximate surface area is 160 Å². The summed E-state index contributed by atoms with van der Waals surface area (Å²) < 4.78 is 6.69. The van der Waals surface area contributed by atoms with Crippen LogP contribution in [0.2, 0.25) is 0 Å². The number of imide groups is 1. The second-order valence-electron chi connectivity index (χ2n) is 6.46. The minimum absolute atomic E-state index is 0.0382. The summed E-state index contributed by atoms with van der Waals surface area (Å²) in [5.74, 6) is 5.82. The Morgan fingerprint density at radius 1 is 1.18 bits per heavy atom. The molecule has 4 rings (SSSR count). The van der Waals surface area contributed by atoms with Gasteiger partial charge in [-0.25, -0.2) is 4.79 Å². The van der Waals surface area contributed by atoms with Gasteiger partial charge in [-0.1, -0.05) is 30.0 Å². The van der Waals surface area contributed by atoms with Crippen molar-refractivity contribution in [2.75, 3.05) is 7.11 Å². The van der Waals surface area contributed by atoms with Crippen LogP contribution in [0, 0.1) is 11.8 Å². The van der Waals surface area contributed by atoms with E-state index in [1.165, 1.54) is 4.57 Å².